The number of nitrogens with one attached hydrogen (secondary N) is 2. The molecule has 9 heteroatoms. The number of aryl methyl sites for hydroxylation is 1. The Hall–Kier alpha value is -2.00. The molecule has 1 heterocycles. The fourth-order valence-corrected chi connectivity index (χ4v) is 2.78. The highest BCUT2D eigenvalue weighted by Crippen LogP contribution is 2.18. The number of sulfonamides is 1. The lowest BCUT2D eigenvalue weighted by atomic mass is 9.92. The molecule has 2 rings (SSSR count). The summed E-state index contributed by atoms with van der Waals surface area (Å²) in [6.45, 7) is 5.68. The van der Waals surface area contributed by atoms with Gasteiger partial charge >= 0.3 is 0 Å². The van der Waals surface area contributed by atoms with Crippen LogP contribution in [0.25, 0.3) is 11.0 Å². The van der Waals surface area contributed by atoms with Crippen LogP contribution in [0.5, 0.6) is 0 Å². The molecule has 0 aliphatic heterocycles. The predicted molar refractivity (Wildman–Crippen MR) is 81.0 cm³/mol. The third-order valence-electron chi connectivity index (χ3n) is 2.91. The molecule has 0 atom stereocenters. The van der Waals surface area contributed by atoms with Gasteiger partial charge in [0, 0.05) is 13.5 Å². The Labute approximate surface area is 128 Å². The summed E-state index contributed by atoms with van der Waals surface area (Å²) in [5.74, 6) is -0.392. The first kappa shape index (κ1) is 16.4. The Balaban J connectivity index is 2.13. The Morgan fingerprint density at radius 1 is 1.32 bits per heavy atom. The lowest BCUT2D eigenvalue weighted by molar-refractivity contribution is -0.123. The van der Waals surface area contributed by atoms with Gasteiger partial charge in [0.25, 0.3) is 10.0 Å². The zero-order valence-corrected chi connectivity index (χ0v) is 13.7. The van der Waals surface area contributed by atoms with E-state index in [1.165, 1.54) is 12.1 Å². The van der Waals surface area contributed by atoms with Crippen LogP contribution >= 0.6 is 0 Å². The van der Waals surface area contributed by atoms with Gasteiger partial charge < -0.3 is 0 Å². The zero-order chi connectivity index (χ0) is 16.5. The summed E-state index contributed by atoms with van der Waals surface area (Å²) in [6, 6.07) is 4.45. The zero-order valence-electron chi connectivity index (χ0n) is 12.9. The van der Waals surface area contributed by atoms with Crippen LogP contribution in [0, 0.1) is 5.41 Å². The van der Waals surface area contributed by atoms with E-state index in [9.17, 15) is 13.2 Å². The second kappa shape index (κ2) is 5.65. The number of hydrogen-bond acceptors (Lipinski definition) is 5. The van der Waals surface area contributed by atoms with Crippen LogP contribution in [0.1, 0.15) is 27.2 Å². The number of amides is 1. The van der Waals surface area contributed by atoms with Gasteiger partial charge in [0.15, 0.2) is 0 Å². The van der Waals surface area contributed by atoms with Crippen LogP contribution in [0.2, 0.25) is 0 Å². The maximum absolute atomic E-state index is 12.2. The quantitative estimate of drug-likeness (QED) is 0.806. The topological polar surface area (TPSA) is 106 Å². The van der Waals surface area contributed by atoms with Gasteiger partial charge in [-0.15, -0.1) is 9.93 Å². The summed E-state index contributed by atoms with van der Waals surface area (Å²) in [5.41, 5.74) is 3.17. The normalized spacial score (nSPS) is 12.5. The molecule has 0 unspecified atom stereocenters. The molecular formula is C13H19N5O3S. The standard InChI is InChI=1S/C13H19N5O3S/c1-13(2,3)8-12(19)15-17-22(20,21)9-5-6-11-10(7-9)14-16-18(11)4/h5-7,17H,8H2,1-4H3,(H,15,19). The SMILES string of the molecule is Cn1nnc2cc(S(=O)(=O)NNC(=O)CC(C)(C)C)ccc21. The van der Waals surface area contributed by atoms with Crippen LogP contribution in [0.15, 0.2) is 23.1 Å². The van der Waals surface area contributed by atoms with E-state index >= 15 is 0 Å². The third-order valence-corrected chi connectivity index (χ3v) is 4.15. The first-order chi connectivity index (χ1) is 10.1. The lowest BCUT2D eigenvalue weighted by Crippen LogP contribution is -2.42. The van der Waals surface area contributed by atoms with Crippen molar-refractivity contribution in [2.45, 2.75) is 32.1 Å². The summed E-state index contributed by atoms with van der Waals surface area (Å²) in [4.78, 5) is 13.8. The van der Waals surface area contributed by atoms with E-state index in [1.54, 1.807) is 17.8 Å². The molecule has 0 aliphatic rings. The minimum Gasteiger partial charge on any atom is -0.278 e. The van der Waals surface area contributed by atoms with Crippen LogP contribution in [-0.4, -0.2) is 29.3 Å². The summed E-state index contributed by atoms with van der Waals surface area (Å²) in [7, 11) is -2.14. The number of carbonyl (C=O) groups excluding carboxylic acids is 1. The van der Waals surface area contributed by atoms with Gasteiger partial charge in [0.1, 0.15) is 5.52 Å². The summed E-state index contributed by atoms with van der Waals surface area (Å²) < 4.78 is 25.9. The maximum Gasteiger partial charge on any atom is 0.257 e. The van der Waals surface area contributed by atoms with Gasteiger partial charge in [-0.25, -0.2) is 13.1 Å². The molecule has 0 fully saturated rings. The summed E-state index contributed by atoms with van der Waals surface area (Å²) >= 11 is 0. The molecule has 1 aromatic heterocycles. The molecule has 22 heavy (non-hydrogen) atoms. The highest BCUT2D eigenvalue weighted by atomic mass is 32.2. The van der Waals surface area contributed by atoms with E-state index in [-0.39, 0.29) is 16.7 Å². The van der Waals surface area contributed by atoms with E-state index < -0.39 is 15.9 Å². The van der Waals surface area contributed by atoms with Crippen molar-refractivity contribution < 1.29 is 13.2 Å². The van der Waals surface area contributed by atoms with Crippen molar-refractivity contribution in [2.75, 3.05) is 0 Å². The fraction of sp³-hybridized carbons (Fsp3) is 0.462. The van der Waals surface area contributed by atoms with Gasteiger partial charge in [-0.1, -0.05) is 26.0 Å². The van der Waals surface area contributed by atoms with Crippen molar-refractivity contribution >= 4 is 27.0 Å². The molecule has 0 radical (unpaired) electrons. The molecule has 0 bridgehead atoms. The van der Waals surface area contributed by atoms with Crippen molar-refractivity contribution in [2.24, 2.45) is 12.5 Å². The maximum atomic E-state index is 12.2. The van der Waals surface area contributed by atoms with Crippen molar-refractivity contribution in [1.29, 1.82) is 0 Å². The molecule has 2 aromatic rings. The number of hydrazine groups is 1. The average molecular weight is 325 g/mol. The van der Waals surface area contributed by atoms with Gasteiger partial charge in [0.2, 0.25) is 5.91 Å². The lowest BCUT2D eigenvalue weighted by Gasteiger charge is -2.17. The average Bonchev–Trinajstić information content (AvgIpc) is 2.76. The molecule has 0 aliphatic carbocycles. The minimum absolute atomic E-state index is 0.0107. The molecule has 0 saturated heterocycles. The first-order valence-electron chi connectivity index (χ1n) is 6.69. The number of hydrogen-bond donors (Lipinski definition) is 2. The van der Waals surface area contributed by atoms with E-state index in [0.717, 1.165) is 5.52 Å². The molecular weight excluding hydrogens is 306 g/mol. The molecule has 0 saturated carbocycles. The molecule has 1 aromatic carbocycles. The first-order valence-corrected chi connectivity index (χ1v) is 8.17. The highest BCUT2D eigenvalue weighted by Gasteiger charge is 2.19. The summed E-state index contributed by atoms with van der Waals surface area (Å²) in [5, 5.41) is 7.68. The van der Waals surface area contributed by atoms with Crippen LogP contribution in [0.4, 0.5) is 0 Å². The predicted octanol–water partition coefficient (Wildman–Crippen LogP) is 0.714. The van der Waals surface area contributed by atoms with Gasteiger partial charge in [-0.3, -0.25) is 10.2 Å². The van der Waals surface area contributed by atoms with Crippen molar-refractivity contribution in [1.82, 2.24) is 25.3 Å². The Kier molecular flexibility index (Phi) is 4.21. The number of rotatable bonds is 4. The minimum atomic E-state index is -3.85. The van der Waals surface area contributed by atoms with Gasteiger partial charge in [-0.05, 0) is 23.6 Å². The Bertz CT molecular complexity index is 805. The van der Waals surface area contributed by atoms with Crippen LogP contribution in [-0.2, 0) is 21.9 Å². The molecule has 2 N–H and O–H groups in total. The number of fused-ring (bicyclic) bond motifs is 1. The number of carbonyl (C=O) groups is 1. The van der Waals surface area contributed by atoms with Gasteiger partial charge in [-0.2, -0.15) is 0 Å². The van der Waals surface area contributed by atoms with E-state index in [0.29, 0.717) is 5.52 Å². The number of nitrogens with zero attached hydrogens (tertiary/aromatic N) is 3. The molecule has 1 amide bonds. The number of benzene rings is 1. The van der Waals surface area contributed by atoms with Crippen molar-refractivity contribution in [3.05, 3.63) is 18.2 Å². The summed E-state index contributed by atoms with van der Waals surface area (Å²) in [6.07, 6.45) is 0.207. The van der Waals surface area contributed by atoms with E-state index in [1.807, 2.05) is 20.8 Å². The molecule has 120 valence electrons. The Morgan fingerprint density at radius 2 is 2.00 bits per heavy atom. The second-order valence-corrected chi connectivity index (χ2v) is 7.94. The second-order valence-electron chi connectivity index (χ2n) is 6.25. The van der Waals surface area contributed by atoms with Crippen LogP contribution < -0.4 is 10.3 Å². The smallest absolute Gasteiger partial charge is 0.257 e. The highest BCUT2D eigenvalue weighted by molar-refractivity contribution is 7.89. The van der Waals surface area contributed by atoms with E-state index in [4.69, 9.17) is 0 Å². The van der Waals surface area contributed by atoms with E-state index in [2.05, 4.69) is 20.6 Å². The largest absolute Gasteiger partial charge is 0.278 e. The number of aromatic nitrogens is 3. The van der Waals surface area contributed by atoms with Crippen molar-refractivity contribution in [3.63, 3.8) is 0 Å². The van der Waals surface area contributed by atoms with Gasteiger partial charge in [0.05, 0.1) is 10.4 Å². The van der Waals surface area contributed by atoms with Crippen molar-refractivity contribution in [3.8, 4) is 0 Å². The molecule has 0 spiro atoms. The fourth-order valence-electron chi connectivity index (χ4n) is 1.90. The molecule has 8 nitrogen and oxygen atoms in total. The third kappa shape index (κ3) is 3.80. The Morgan fingerprint density at radius 3 is 2.64 bits per heavy atom. The van der Waals surface area contributed by atoms with Crippen LogP contribution in [0.3, 0.4) is 0 Å². The monoisotopic (exact) mass is 325 g/mol.